The third kappa shape index (κ3) is 2.79. The summed E-state index contributed by atoms with van der Waals surface area (Å²) in [5.41, 5.74) is 0.779. The largest absolute Gasteiger partial charge is 0.493 e. The van der Waals surface area contributed by atoms with Crippen LogP contribution in [0.1, 0.15) is 21.6 Å². The Hall–Kier alpha value is -3.73. The van der Waals surface area contributed by atoms with Gasteiger partial charge in [-0.05, 0) is 37.3 Å². The van der Waals surface area contributed by atoms with Gasteiger partial charge in [0.15, 0.2) is 5.82 Å². The molecular weight excluding hydrogens is 327 g/mol. The topological polar surface area (TPSA) is 112 Å². The molecule has 0 aliphatic heterocycles. The zero-order valence-corrected chi connectivity index (χ0v) is 12.9. The fourth-order valence-electron chi connectivity index (χ4n) is 2.42. The van der Waals surface area contributed by atoms with Crippen LogP contribution in [0.25, 0.3) is 16.9 Å². The van der Waals surface area contributed by atoms with Gasteiger partial charge in [-0.25, -0.2) is 14.2 Å². The molecule has 0 radical (unpaired) electrons. The Balaban J connectivity index is 2.10. The normalized spacial score (nSPS) is 10.4. The molecule has 0 saturated heterocycles. The van der Waals surface area contributed by atoms with E-state index >= 15 is 0 Å². The first-order valence-corrected chi connectivity index (χ1v) is 7.10. The number of aryl methyl sites for hydroxylation is 1. The molecule has 25 heavy (non-hydrogen) atoms. The summed E-state index contributed by atoms with van der Waals surface area (Å²) in [5.74, 6) is -1.94. The van der Waals surface area contributed by atoms with Gasteiger partial charge in [0, 0.05) is 11.8 Å². The van der Waals surface area contributed by atoms with Crippen LogP contribution >= 0.6 is 0 Å². The van der Waals surface area contributed by atoms with Crippen molar-refractivity contribution in [2.75, 3.05) is 0 Å². The van der Waals surface area contributed by atoms with Crippen LogP contribution < -0.4 is 0 Å². The van der Waals surface area contributed by atoms with Crippen molar-refractivity contribution in [2.24, 2.45) is 0 Å². The molecule has 3 aromatic rings. The minimum Gasteiger partial charge on any atom is -0.493 e. The second kappa shape index (κ2) is 6.05. The van der Waals surface area contributed by atoms with Gasteiger partial charge in [0.25, 0.3) is 0 Å². The highest BCUT2D eigenvalue weighted by atomic mass is 19.1. The number of carbonyl (C=O) groups is 1. The predicted octanol–water partition coefficient (Wildman–Crippen LogP) is 2.66. The minimum atomic E-state index is -1.12. The van der Waals surface area contributed by atoms with Gasteiger partial charge in [0.1, 0.15) is 5.82 Å². The van der Waals surface area contributed by atoms with Crippen LogP contribution in [-0.2, 0) is 0 Å². The number of halogens is 1. The standard InChI is InChI=1S/C17H11FN4O3/c1-9-15(12-4-2-10(7-19)6-13(12)18)16(23)22(21-9)14-5-3-11(8-20-14)17(24)25/h2-6,8,23H,1H3,(H,24,25). The van der Waals surface area contributed by atoms with Crippen molar-refractivity contribution < 1.29 is 19.4 Å². The first-order chi connectivity index (χ1) is 11.9. The number of carboxylic acids is 1. The second-order valence-corrected chi connectivity index (χ2v) is 5.21. The minimum absolute atomic E-state index is 0.00882. The van der Waals surface area contributed by atoms with Gasteiger partial charge in [-0.2, -0.15) is 15.0 Å². The van der Waals surface area contributed by atoms with E-state index in [0.717, 1.165) is 16.9 Å². The maximum atomic E-state index is 14.3. The SMILES string of the molecule is Cc1nn(-c2ccc(C(=O)O)cn2)c(O)c1-c1ccc(C#N)cc1F. The molecule has 1 aromatic carbocycles. The number of benzene rings is 1. The lowest BCUT2D eigenvalue weighted by Gasteiger charge is -2.05. The van der Waals surface area contributed by atoms with Crippen LogP contribution in [0, 0.1) is 24.1 Å². The van der Waals surface area contributed by atoms with Crippen molar-refractivity contribution in [3.05, 3.63) is 59.2 Å². The molecule has 0 amide bonds. The Labute approximate surface area is 141 Å². The highest BCUT2D eigenvalue weighted by Crippen LogP contribution is 2.35. The molecule has 0 saturated carbocycles. The van der Waals surface area contributed by atoms with Crippen molar-refractivity contribution in [2.45, 2.75) is 6.92 Å². The van der Waals surface area contributed by atoms with E-state index in [9.17, 15) is 14.3 Å². The van der Waals surface area contributed by atoms with E-state index in [1.807, 2.05) is 6.07 Å². The maximum Gasteiger partial charge on any atom is 0.337 e. The number of pyridine rings is 1. The fraction of sp³-hybridized carbons (Fsp3) is 0.0588. The molecule has 2 aromatic heterocycles. The van der Waals surface area contributed by atoms with Crippen molar-refractivity contribution >= 4 is 5.97 Å². The predicted molar refractivity (Wildman–Crippen MR) is 84.8 cm³/mol. The lowest BCUT2D eigenvalue weighted by Crippen LogP contribution is -2.02. The third-order valence-corrected chi connectivity index (χ3v) is 3.62. The zero-order chi connectivity index (χ0) is 18.1. The zero-order valence-electron chi connectivity index (χ0n) is 12.9. The van der Waals surface area contributed by atoms with E-state index in [0.29, 0.717) is 5.69 Å². The quantitative estimate of drug-likeness (QED) is 0.759. The number of aromatic carboxylic acids is 1. The summed E-state index contributed by atoms with van der Waals surface area (Å²) < 4.78 is 15.3. The molecule has 2 heterocycles. The van der Waals surface area contributed by atoms with Crippen LogP contribution in [0.4, 0.5) is 4.39 Å². The maximum absolute atomic E-state index is 14.3. The summed E-state index contributed by atoms with van der Waals surface area (Å²) in [5, 5.41) is 32.3. The molecule has 124 valence electrons. The second-order valence-electron chi connectivity index (χ2n) is 5.21. The average molecular weight is 338 g/mol. The monoisotopic (exact) mass is 338 g/mol. The Bertz CT molecular complexity index is 1020. The van der Waals surface area contributed by atoms with E-state index in [4.69, 9.17) is 10.4 Å². The average Bonchev–Trinajstić information content (AvgIpc) is 2.89. The summed E-state index contributed by atoms with van der Waals surface area (Å²) in [6, 6.07) is 8.45. The van der Waals surface area contributed by atoms with Gasteiger partial charge in [-0.1, -0.05) is 0 Å². The highest BCUT2D eigenvalue weighted by Gasteiger charge is 2.21. The Morgan fingerprint density at radius 3 is 2.64 bits per heavy atom. The molecule has 2 N–H and O–H groups in total. The van der Waals surface area contributed by atoms with E-state index < -0.39 is 11.8 Å². The van der Waals surface area contributed by atoms with Crippen molar-refractivity contribution in [1.82, 2.24) is 14.8 Å². The Morgan fingerprint density at radius 2 is 2.08 bits per heavy atom. The summed E-state index contributed by atoms with van der Waals surface area (Å²) in [6.07, 6.45) is 1.14. The number of hydrogen-bond acceptors (Lipinski definition) is 5. The number of hydrogen-bond donors (Lipinski definition) is 2. The number of carboxylic acid groups (broad SMARTS) is 1. The van der Waals surface area contributed by atoms with E-state index in [-0.39, 0.29) is 34.0 Å². The van der Waals surface area contributed by atoms with Crippen molar-refractivity contribution in [1.29, 1.82) is 5.26 Å². The number of rotatable bonds is 3. The molecule has 7 nitrogen and oxygen atoms in total. The lowest BCUT2D eigenvalue weighted by atomic mass is 10.0. The van der Waals surface area contributed by atoms with E-state index in [2.05, 4.69) is 10.1 Å². The first kappa shape index (κ1) is 16.1. The highest BCUT2D eigenvalue weighted by molar-refractivity contribution is 5.87. The Kier molecular flexibility index (Phi) is 3.91. The number of aromatic hydroxyl groups is 1. The van der Waals surface area contributed by atoms with Gasteiger partial charge < -0.3 is 10.2 Å². The molecule has 3 rings (SSSR count). The van der Waals surface area contributed by atoms with Gasteiger partial charge in [0.05, 0.1) is 28.5 Å². The summed E-state index contributed by atoms with van der Waals surface area (Å²) in [4.78, 5) is 14.8. The molecule has 0 aliphatic carbocycles. The molecule has 0 fully saturated rings. The van der Waals surface area contributed by atoms with Crippen LogP contribution in [0.2, 0.25) is 0 Å². The van der Waals surface area contributed by atoms with Gasteiger partial charge in [-0.15, -0.1) is 0 Å². The summed E-state index contributed by atoms with van der Waals surface area (Å²) in [6.45, 7) is 1.59. The summed E-state index contributed by atoms with van der Waals surface area (Å²) in [7, 11) is 0. The van der Waals surface area contributed by atoms with E-state index in [1.165, 1.54) is 24.3 Å². The van der Waals surface area contributed by atoms with Crippen LogP contribution in [-0.4, -0.2) is 30.9 Å². The van der Waals surface area contributed by atoms with Gasteiger partial charge >= 0.3 is 5.97 Å². The molecule has 0 bridgehead atoms. The number of nitrogens with zero attached hydrogens (tertiary/aromatic N) is 4. The molecule has 8 heteroatoms. The first-order valence-electron chi connectivity index (χ1n) is 7.10. The number of aromatic nitrogens is 3. The molecule has 0 unspecified atom stereocenters. The van der Waals surface area contributed by atoms with E-state index in [1.54, 1.807) is 6.92 Å². The smallest absolute Gasteiger partial charge is 0.337 e. The van der Waals surface area contributed by atoms with Crippen LogP contribution in [0.3, 0.4) is 0 Å². The molecule has 0 spiro atoms. The fourth-order valence-corrected chi connectivity index (χ4v) is 2.42. The molecular formula is C17H11FN4O3. The molecule has 0 aliphatic rings. The van der Waals surface area contributed by atoms with Crippen LogP contribution in [0.5, 0.6) is 5.88 Å². The summed E-state index contributed by atoms with van der Waals surface area (Å²) >= 11 is 0. The van der Waals surface area contributed by atoms with Crippen LogP contribution in [0.15, 0.2) is 36.5 Å². The lowest BCUT2D eigenvalue weighted by molar-refractivity contribution is 0.0696. The van der Waals surface area contributed by atoms with Crippen molar-refractivity contribution in [3.63, 3.8) is 0 Å². The third-order valence-electron chi connectivity index (χ3n) is 3.62. The number of nitriles is 1. The van der Waals surface area contributed by atoms with Crippen molar-refractivity contribution in [3.8, 4) is 28.9 Å². The van der Waals surface area contributed by atoms with Gasteiger partial charge in [-0.3, -0.25) is 0 Å². The Morgan fingerprint density at radius 1 is 1.32 bits per heavy atom. The molecule has 0 atom stereocenters. The van der Waals surface area contributed by atoms with Gasteiger partial charge in [0.2, 0.25) is 5.88 Å².